The van der Waals surface area contributed by atoms with E-state index in [2.05, 4.69) is 0 Å². The molecule has 0 aliphatic heterocycles. The van der Waals surface area contributed by atoms with Gasteiger partial charge in [-0.1, -0.05) is 31.4 Å². The number of hydrogen-bond acceptors (Lipinski definition) is 2. The molecule has 1 aliphatic rings. The maximum absolute atomic E-state index is 11.3. The topological polar surface area (TPSA) is 33.9 Å². The Balaban J connectivity index is 2.35. The van der Waals surface area contributed by atoms with Gasteiger partial charge in [0.15, 0.2) is 0 Å². The summed E-state index contributed by atoms with van der Waals surface area (Å²) in [6.45, 7) is -4.27. The van der Waals surface area contributed by atoms with Gasteiger partial charge in [0, 0.05) is 0 Å². The lowest BCUT2D eigenvalue weighted by molar-refractivity contribution is -0.860. The maximum Gasteiger partial charge on any atom is 0.118 e. The van der Waals surface area contributed by atoms with Gasteiger partial charge in [-0.15, -0.1) is 0 Å². The average molecular weight is 286 g/mol. The van der Waals surface area contributed by atoms with E-state index in [1.807, 2.05) is 0 Å². The van der Waals surface area contributed by atoms with E-state index in [1.165, 1.54) is 12.1 Å². The minimum atomic E-state index is -2.58. The lowest BCUT2D eigenvalue weighted by atomic mass is 9.72. The van der Waals surface area contributed by atoms with Crippen LogP contribution in [-0.4, -0.2) is 38.3 Å². The highest BCUT2D eigenvalue weighted by Crippen LogP contribution is 2.39. The van der Waals surface area contributed by atoms with E-state index < -0.39 is 32.5 Å². The zero-order valence-corrected chi connectivity index (χ0v) is 11.6. The van der Waals surface area contributed by atoms with Crippen molar-refractivity contribution in [1.82, 2.24) is 0 Å². The summed E-state index contributed by atoms with van der Waals surface area (Å²) in [6.07, 6.45) is 3.67. The van der Waals surface area contributed by atoms with Crippen LogP contribution < -0.4 is 9.64 Å². The van der Waals surface area contributed by atoms with Gasteiger partial charge in [0.2, 0.25) is 0 Å². The van der Waals surface area contributed by atoms with Crippen LogP contribution in [0.5, 0.6) is 5.75 Å². The van der Waals surface area contributed by atoms with Crippen molar-refractivity contribution >= 4 is 0 Å². The van der Waals surface area contributed by atoms with Crippen molar-refractivity contribution in [2.75, 3.05) is 27.6 Å². The lowest BCUT2D eigenvalue weighted by Crippen LogP contribution is -3.06. The van der Waals surface area contributed by atoms with Gasteiger partial charge in [0.25, 0.3) is 0 Å². The molecule has 0 saturated heterocycles. The van der Waals surface area contributed by atoms with Gasteiger partial charge in [-0.3, -0.25) is 0 Å². The van der Waals surface area contributed by atoms with Gasteiger partial charge in [-0.2, -0.15) is 0 Å². The molecule has 20 heavy (non-hydrogen) atoms. The first kappa shape index (κ1) is 7.81. The number of hydrogen-bond donors (Lipinski definition) is 2. The van der Waals surface area contributed by atoms with Gasteiger partial charge in [-0.25, -0.2) is 0 Å². The van der Waals surface area contributed by atoms with Gasteiger partial charge < -0.3 is 14.7 Å². The molecule has 1 aromatic carbocycles. The Kier molecular flexibility index (Phi) is 2.57. The Hall–Kier alpha value is -1.06. The Morgan fingerprint density at radius 1 is 1.30 bits per heavy atom. The molecular formula is C17H28NO2+. The molecule has 1 saturated carbocycles. The predicted octanol–water partition coefficient (Wildman–Crippen LogP) is 1.62. The number of likely N-dealkylation sites (N-methyl/N-ethyl adjacent to an activating group) is 1. The summed E-state index contributed by atoms with van der Waals surface area (Å²) < 4.78 is 64.7. The number of nitrogens with one attached hydrogen (secondary N) is 1. The molecule has 0 radical (unpaired) electrons. The summed E-state index contributed by atoms with van der Waals surface area (Å²) in [5.41, 5.74) is -0.486. The van der Waals surface area contributed by atoms with Crippen molar-refractivity contribution < 1.29 is 25.7 Å². The first-order chi connectivity index (χ1) is 12.8. The van der Waals surface area contributed by atoms with Crippen LogP contribution in [0, 0.1) is 0 Å². The second-order valence-corrected chi connectivity index (χ2v) is 5.62. The minimum absolute atomic E-state index is 0.0931. The molecule has 1 fully saturated rings. The van der Waals surface area contributed by atoms with Crippen LogP contribution in [0.25, 0.3) is 0 Å². The normalized spacial score (nSPS) is 28.5. The summed E-state index contributed by atoms with van der Waals surface area (Å²) >= 11 is 0. The predicted molar refractivity (Wildman–Crippen MR) is 81.4 cm³/mol. The second-order valence-electron chi connectivity index (χ2n) is 5.62. The summed E-state index contributed by atoms with van der Waals surface area (Å²) in [5.74, 6) is -0.444. The SMILES string of the molecule is [2H]C([2H])[NH+](C[C@@H](c1ccc(OC([2H])([2H])[2H])cc1)C1(O)CCCCC1)C([2H])([2H])[2H]. The van der Waals surface area contributed by atoms with Crippen molar-refractivity contribution in [1.29, 1.82) is 0 Å². The number of methoxy groups -OCH3 is 1. The summed E-state index contributed by atoms with van der Waals surface area (Å²) in [5, 5.41) is 11.3. The Labute approximate surface area is 133 Å². The van der Waals surface area contributed by atoms with E-state index in [9.17, 15) is 5.11 Å². The molecule has 2 rings (SSSR count). The van der Waals surface area contributed by atoms with Crippen molar-refractivity contribution in [3.63, 3.8) is 0 Å². The lowest BCUT2D eigenvalue weighted by Gasteiger charge is -2.39. The molecular weight excluding hydrogens is 250 g/mol. The first-order valence-electron chi connectivity index (χ1n) is 11.2. The molecule has 0 bridgehead atoms. The van der Waals surface area contributed by atoms with Crippen LogP contribution in [0.1, 0.15) is 54.6 Å². The van der Waals surface area contributed by atoms with E-state index in [-0.39, 0.29) is 17.2 Å². The molecule has 0 aromatic heterocycles. The fourth-order valence-corrected chi connectivity index (χ4v) is 3.12. The fourth-order valence-electron chi connectivity index (χ4n) is 3.12. The number of aliphatic hydroxyl groups is 1. The summed E-state index contributed by atoms with van der Waals surface area (Å²) in [4.78, 5) is -0.209. The molecule has 1 unspecified atom stereocenters. The highest BCUT2D eigenvalue weighted by atomic mass is 16.5. The number of quaternary nitrogens is 1. The molecule has 112 valence electrons. The molecule has 1 aliphatic carbocycles. The monoisotopic (exact) mass is 286 g/mol. The third-order valence-electron chi connectivity index (χ3n) is 4.19. The quantitative estimate of drug-likeness (QED) is 0.862. The smallest absolute Gasteiger partial charge is 0.118 e. The van der Waals surface area contributed by atoms with Crippen molar-refractivity contribution in [3.05, 3.63) is 29.8 Å². The standard InChI is InChI=1S/C17H27NO2/c1-18(2)13-16(17(19)11-5-4-6-12-17)14-7-9-15(20-3)10-8-14/h7-10,16,19H,4-6,11-13H2,1-3H3/p+1/t16-/m0/s1/i1D2,2D3,3D3. The third-order valence-corrected chi connectivity index (χ3v) is 4.19. The van der Waals surface area contributed by atoms with Crippen LogP contribution in [0.4, 0.5) is 0 Å². The first-order valence-corrected chi connectivity index (χ1v) is 7.04. The summed E-state index contributed by atoms with van der Waals surface area (Å²) in [6, 6.07) is 6.21. The van der Waals surface area contributed by atoms with Crippen molar-refractivity contribution in [3.8, 4) is 5.75 Å². The maximum atomic E-state index is 11.3. The average Bonchev–Trinajstić information content (AvgIpc) is 2.54. The molecule has 3 nitrogen and oxygen atoms in total. The van der Waals surface area contributed by atoms with Gasteiger partial charge in [0.05, 0.1) is 50.0 Å². The largest absolute Gasteiger partial charge is 0.497 e. The number of ether oxygens (including phenoxy) is 1. The second kappa shape index (κ2) is 6.59. The van der Waals surface area contributed by atoms with Crippen LogP contribution in [0.15, 0.2) is 24.3 Å². The van der Waals surface area contributed by atoms with E-state index in [0.717, 1.165) is 19.3 Å². The Morgan fingerprint density at radius 2 is 2.05 bits per heavy atom. The van der Waals surface area contributed by atoms with E-state index in [4.69, 9.17) is 15.7 Å². The number of benzene rings is 1. The summed E-state index contributed by atoms with van der Waals surface area (Å²) in [7, 11) is -2.58. The van der Waals surface area contributed by atoms with E-state index in [0.29, 0.717) is 18.4 Å². The van der Waals surface area contributed by atoms with Crippen molar-refractivity contribution in [2.45, 2.75) is 43.6 Å². The van der Waals surface area contributed by atoms with E-state index in [1.54, 1.807) is 12.1 Å². The van der Waals surface area contributed by atoms with Gasteiger partial charge >= 0.3 is 0 Å². The van der Waals surface area contributed by atoms with Crippen molar-refractivity contribution in [2.24, 2.45) is 0 Å². The molecule has 3 heteroatoms. The molecule has 1 aromatic rings. The molecule has 2 N–H and O–H groups in total. The third kappa shape index (κ3) is 3.53. The minimum Gasteiger partial charge on any atom is -0.497 e. The van der Waals surface area contributed by atoms with Crippen LogP contribution in [-0.2, 0) is 0 Å². The van der Waals surface area contributed by atoms with Gasteiger partial charge in [0.1, 0.15) is 5.75 Å². The van der Waals surface area contributed by atoms with Crippen LogP contribution in [0.2, 0.25) is 0 Å². The fraction of sp³-hybridized carbons (Fsp3) is 0.647. The molecule has 0 spiro atoms. The molecule has 0 amide bonds. The Morgan fingerprint density at radius 3 is 2.65 bits per heavy atom. The molecule has 2 atom stereocenters. The van der Waals surface area contributed by atoms with Crippen LogP contribution in [0.3, 0.4) is 0 Å². The number of rotatable bonds is 5. The van der Waals surface area contributed by atoms with Gasteiger partial charge in [-0.05, 0) is 30.5 Å². The zero-order valence-electron chi connectivity index (χ0n) is 19.6. The highest BCUT2D eigenvalue weighted by molar-refractivity contribution is 5.31. The molecule has 0 heterocycles. The highest BCUT2D eigenvalue weighted by Gasteiger charge is 2.40. The van der Waals surface area contributed by atoms with E-state index >= 15 is 0 Å². The Bertz CT molecular complexity index is 624. The van der Waals surface area contributed by atoms with Crippen LogP contribution >= 0.6 is 0 Å². The zero-order chi connectivity index (χ0) is 21.2.